The molecule has 0 atom stereocenters. The zero-order valence-electron chi connectivity index (χ0n) is 23.0. The van der Waals surface area contributed by atoms with Crippen LogP contribution in [0.3, 0.4) is 0 Å². The monoisotopic (exact) mass is 506 g/mol. The van der Waals surface area contributed by atoms with E-state index in [1.165, 1.54) is 0 Å². The predicted molar refractivity (Wildman–Crippen MR) is 149 cm³/mol. The van der Waals surface area contributed by atoms with E-state index in [-0.39, 0.29) is 11.8 Å². The maximum atomic E-state index is 13.3. The predicted octanol–water partition coefficient (Wildman–Crippen LogP) is 5.33. The Balaban J connectivity index is 1.56. The van der Waals surface area contributed by atoms with Crippen LogP contribution in [0.4, 0.5) is 0 Å². The third kappa shape index (κ3) is 8.34. The van der Waals surface area contributed by atoms with Gasteiger partial charge >= 0.3 is 0 Å². The number of benzene rings is 2. The van der Waals surface area contributed by atoms with Gasteiger partial charge in [-0.25, -0.2) is 4.98 Å². The largest absolute Gasteiger partial charge is 0.497 e. The molecule has 1 heterocycles. The van der Waals surface area contributed by atoms with E-state index in [2.05, 4.69) is 37.6 Å². The first-order chi connectivity index (χ1) is 17.8. The molecule has 0 unspecified atom stereocenters. The van der Waals surface area contributed by atoms with Crippen molar-refractivity contribution in [1.29, 1.82) is 0 Å². The van der Waals surface area contributed by atoms with Crippen LogP contribution in [0.5, 0.6) is 5.75 Å². The van der Waals surface area contributed by atoms with Crippen LogP contribution < -0.4 is 10.1 Å². The molecule has 2 amide bonds. The van der Waals surface area contributed by atoms with Gasteiger partial charge in [0.2, 0.25) is 5.91 Å². The third-order valence-corrected chi connectivity index (χ3v) is 6.27. The highest BCUT2D eigenvalue weighted by Crippen LogP contribution is 2.19. The summed E-state index contributed by atoms with van der Waals surface area (Å²) >= 11 is 0. The lowest BCUT2D eigenvalue weighted by molar-refractivity contribution is -0.132. The van der Waals surface area contributed by atoms with Crippen molar-refractivity contribution in [2.75, 3.05) is 26.7 Å². The number of fused-ring (bicyclic) bond motifs is 1. The fourth-order valence-electron chi connectivity index (χ4n) is 4.52. The van der Waals surface area contributed by atoms with Gasteiger partial charge in [-0.2, -0.15) is 0 Å². The highest BCUT2D eigenvalue weighted by atomic mass is 16.5. The number of nitrogens with one attached hydrogen (secondary N) is 1. The number of amides is 2. The molecule has 0 saturated carbocycles. The fraction of sp³-hybridized carbons (Fsp3) is 0.500. The maximum Gasteiger partial charge on any atom is 0.251 e. The van der Waals surface area contributed by atoms with Crippen LogP contribution in [0.1, 0.15) is 63.1 Å². The van der Waals surface area contributed by atoms with Gasteiger partial charge in [0.15, 0.2) is 0 Å². The summed E-state index contributed by atoms with van der Waals surface area (Å²) in [6.07, 6.45) is 3.59. The molecule has 200 valence electrons. The topological polar surface area (TPSA) is 76.5 Å². The number of ether oxygens (including phenoxy) is 1. The minimum Gasteiger partial charge on any atom is -0.497 e. The Labute approximate surface area is 221 Å². The number of aryl methyl sites for hydroxylation is 1. The average Bonchev–Trinajstić information content (AvgIpc) is 3.22. The number of hydrogen-bond donors (Lipinski definition) is 1. The molecule has 1 aromatic heterocycles. The first-order valence-corrected chi connectivity index (χ1v) is 13.4. The molecule has 3 rings (SSSR count). The summed E-state index contributed by atoms with van der Waals surface area (Å²) in [6, 6.07) is 15.2. The standard InChI is InChI=1S/C30H42N4O3/c1-22(2)19-33(20-23(3)4)29(35)21-34-27-12-9-8-11-26(27)32-28(34)13-7-6-10-18-31-30(36)24-14-16-25(37-5)17-15-24/h8-9,11-12,14-17,22-23H,6-7,10,13,18-21H2,1-5H3,(H,31,36). The van der Waals surface area contributed by atoms with Crippen LogP contribution in [0.25, 0.3) is 11.0 Å². The van der Waals surface area contributed by atoms with Crippen molar-refractivity contribution >= 4 is 22.8 Å². The zero-order valence-corrected chi connectivity index (χ0v) is 23.0. The number of methoxy groups -OCH3 is 1. The number of nitrogens with zero attached hydrogens (tertiary/aromatic N) is 3. The molecule has 0 radical (unpaired) electrons. The van der Waals surface area contributed by atoms with Gasteiger partial charge in [-0.05, 0) is 61.1 Å². The van der Waals surface area contributed by atoms with E-state index in [4.69, 9.17) is 9.72 Å². The number of carbonyl (C=O) groups excluding carboxylic acids is 2. The van der Waals surface area contributed by atoms with Crippen LogP contribution in [0.2, 0.25) is 0 Å². The number of carbonyl (C=O) groups is 2. The lowest BCUT2D eigenvalue weighted by Gasteiger charge is -2.27. The molecule has 0 saturated heterocycles. The minimum absolute atomic E-state index is 0.0738. The number of aromatic nitrogens is 2. The lowest BCUT2D eigenvalue weighted by atomic mass is 10.1. The minimum atomic E-state index is -0.0738. The van der Waals surface area contributed by atoms with Gasteiger partial charge in [0.1, 0.15) is 18.1 Å². The van der Waals surface area contributed by atoms with Crippen molar-refractivity contribution in [3.63, 3.8) is 0 Å². The summed E-state index contributed by atoms with van der Waals surface area (Å²) in [7, 11) is 1.61. The van der Waals surface area contributed by atoms with Crippen molar-refractivity contribution < 1.29 is 14.3 Å². The molecule has 0 aliphatic heterocycles. The molecule has 0 aliphatic carbocycles. The van der Waals surface area contributed by atoms with E-state index in [1.807, 2.05) is 29.2 Å². The first kappa shape index (κ1) is 28.2. The van der Waals surface area contributed by atoms with E-state index >= 15 is 0 Å². The van der Waals surface area contributed by atoms with Gasteiger partial charge in [-0.15, -0.1) is 0 Å². The van der Waals surface area contributed by atoms with Crippen LogP contribution in [-0.4, -0.2) is 53.0 Å². The Bertz CT molecular complexity index is 1140. The van der Waals surface area contributed by atoms with Gasteiger partial charge in [-0.3, -0.25) is 9.59 Å². The molecule has 2 aromatic carbocycles. The summed E-state index contributed by atoms with van der Waals surface area (Å²) in [5.41, 5.74) is 2.56. The Morgan fingerprint density at radius 1 is 0.946 bits per heavy atom. The number of unbranched alkanes of at least 4 members (excludes halogenated alkanes) is 2. The number of hydrogen-bond acceptors (Lipinski definition) is 4. The van der Waals surface area contributed by atoms with E-state index in [0.717, 1.165) is 61.4 Å². The highest BCUT2D eigenvalue weighted by Gasteiger charge is 2.20. The molecular formula is C30H42N4O3. The van der Waals surface area contributed by atoms with Gasteiger partial charge in [0.25, 0.3) is 5.91 Å². The molecule has 7 heteroatoms. The van der Waals surface area contributed by atoms with Crippen LogP contribution in [0, 0.1) is 11.8 Å². The molecule has 0 fully saturated rings. The third-order valence-electron chi connectivity index (χ3n) is 6.27. The Hall–Kier alpha value is -3.35. The van der Waals surface area contributed by atoms with Gasteiger partial charge in [0, 0.05) is 31.6 Å². The van der Waals surface area contributed by atoms with Crippen molar-refractivity contribution in [3.05, 3.63) is 59.9 Å². The summed E-state index contributed by atoms with van der Waals surface area (Å²) in [5, 5.41) is 2.99. The smallest absolute Gasteiger partial charge is 0.251 e. The molecule has 0 aliphatic rings. The molecule has 1 N–H and O–H groups in total. The molecular weight excluding hydrogens is 464 g/mol. The molecule has 0 spiro atoms. The number of para-hydroxylation sites is 2. The van der Waals surface area contributed by atoms with Gasteiger partial charge in [0.05, 0.1) is 18.1 Å². The summed E-state index contributed by atoms with van der Waals surface area (Å²) in [5.74, 6) is 2.60. The normalized spacial score (nSPS) is 11.3. The number of rotatable bonds is 14. The van der Waals surface area contributed by atoms with Crippen LogP contribution >= 0.6 is 0 Å². The first-order valence-electron chi connectivity index (χ1n) is 13.4. The van der Waals surface area contributed by atoms with Crippen molar-refractivity contribution in [3.8, 4) is 5.75 Å². The van der Waals surface area contributed by atoms with Crippen LogP contribution in [0.15, 0.2) is 48.5 Å². The Morgan fingerprint density at radius 3 is 2.27 bits per heavy atom. The average molecular weight is 507 g/mol. The van der Waals surface area contributed by atoms with E-state index in [0.29, 0.717) is 30.5 Å². The molecule has 37 heavy (non-hydrogen) atoms. The highest BCUT2D eigenvalue weighted by molar-refractivity contribution is 5.94. The van der Waals surface area contributed by atoms with Crippen molar-refractivity contribution in [2.24, 2.45) is 11.8 Å². The molecule has 0 bridgehead atoms. The quantitative estimate of drug-likeness (QED) is 0.300. The summed E-state index contributed by atoms with van der Waals surface area (Å²) < 4.78 is 7.24. The van der Waals surface area contributed by atoms with Crippen LogP contribution in [-0.2, 0) is 17.8 Å². The molecule has 7 nitrogen and oxygen atoms in total. The zero-order chi connectivity index (χ0) is 26.8. The maximum absolute atomic E-state index is 13.3. The Morgan fingerprint density at radius 2 is 1.62 bits per heavy atom. The fourth-order valence-corrected chi connectivity index (χ4v) is 4.52. The second-order valence-electron chi connectivity index (χ2n) is 10.5. The summed E-state index contributed by atoms with van der Waals surface area (Å²) in [4.78, 5) is 32.5. The summed E-state index contributed by atoms with van der Waals surface area (Å²) in [6.45, 7) is 11.1. The van der Waals surface area contributed by atoms with E-state index in [1.54, 1.807) is 31.4 Å². The van der Waals surface area contributed by atoms with Crippen molar-refractivity contribution in [2.45, 2.75) is 59.9 Å². The second-order valence-corrected chi connectivity index (χ2v) is 10.5. The SMILES string of the molecule is COc1ccc(C(=O)NCCCCCc2nc3ccccc3n2CC(=O)N(CC(C)C)CC(C)C)cc1. The van der Waals surface area contributed by atoms with E-state index < -0.39 is 0 Å². The lowest BCUT2D eigenvalue weighted by Crippen LogP contribution is -2.39. The molecule has 3 aromatic rings. The second kappa shape index (κ2) is 13.8. The van der Waals surface area contributed by atoms with Gasteiger partial charge < -0.3 is 19.5 Å². The van der Waals surface area contributed by atoms with Crippen molar-refractivity contribution in [1.82, 2.24) is 19.8 Å². The Kier molecular flexibility index (Phi) is 10.5. The number of imidazole rings is 1. The van der Waals surface area contributed by atoms with Gasteiger partial charge in [-0.1, -0.05) is 46.2 Å². The van der Waals surface area contributed by atoms with E-state index in [9.17, 15) is 9.59 Å².